The lowest BCUT2D eigenvalue weighted by molar-refractivity contribution is -0.138. The lowest BCUT2D eigenvalue weighted by atomic mass is 10.1. The van der Waals surface area contributed by atoms with Gasteiger partial charge in [0.15, 0.2) is 0 Å². The first-order valence-electron chi connectivity index (χ1n) is 27.7. The molecule has 374 valence electrons. The summed E-state index contributed by atoms with van der Waals surface area (Å²) in [6, 6.07) is 0. The number of hydrogen-bond acceptors (Lipinski definition) is 4. The van der Waals surface area contributed by atoms with Crippen LogP contribution in [0.3, 0.4) is 0 Å². The zero-order valence-corrected chi connectivity index (χ0v) is 42.8. The van der Waals surface area contributed by atoms with Crippen LogP contribution < -0.4 is 11.1 Å². The van der Waals surface area contributed by atoms with Gasteiger partial charge in [0.25, 0.3) is 0 Å². The third kappa shape index (κ3) is 74.7. The van der Waals surface area contributed by atoms with Crippen LogP contribution in [0, 0.1) is 0 Å². The highest BCUT2D eigenvalue weighted by atomic mass is 16.4. The summed E-state index contributed by atoms with van der Waals surface area (Å²) >= 11 is 0. The van der Waals surface area contributed by atoms with Gasteiger partial charge in [-0.1, -0.05) is 218 Å². The van der Waals surface area contributed by atoms with Crippen molar-refractivity contribution in [2.24, 2.45) is 5.73 Å². The van der Waals surface area contributed by atoms with E-state index in [1.54, 1.807) is 0 Å². The second-order valence-corrected chi connectivity index (χ2v) is 18.3. The molecular formula is C57H112N2O4. The van der Waals surface area contributed by atoms with Crippen molar-refractivity contribution in [3.8, 4) is 0 Å². The maximum absolute atomic E-state index is 10.3. The lowest BCUT2D eigenvalue weighted by Crippen LogP contribution is -2.19. The topological polar surface area (TPSA) is 113 Å². The Morgan fingerprint density at radius 2 is 0.556 bits per heavy atom. The van der Waals surface area contributed by atoms with Crippen molar-refractivity contribution in [3.63, 3.8) is 0 Å². The number of unbranched alkanes of at least 4 members (excludes halogenated alkanes) is 34. The van der Waals surface area contributed by atoms with Crippen LogP contribution in [0.4, 0.5) is 0 Å². The maximum Gasteiger partial charge on any atom is 0.303 e. The Balaban J connectivity index is -0.000000860. The third-order valence-corrected chi connectivity index (χ3v) is 11.7. The Morgan fingerprint density at radius 1 is 0.333 bits per heavy atom. The molecular weight excluding hydrogens is 777 g/mol. The Labute approximate surface area is 394 Å². The summed E-state index contributed by atoms with van der Waals surface area (Å²) in [6.45, 7) is 9.86. The fourth-order valence-corrected chi connectivity index (χ4v) is 7.54. The molecule has 0 spiro atoms. The highest BCUT2D eigenvalue weighted by Gasteiger charge is 1.98. The second-order valence-electron chi connectivity index (χ2n) is 18.3. The number of nitrogens with two attached hydrogens (primary N) is 1. The molecule has 0 saturated heterocycles. The summed E-state index contributed by atoms with van der Waals surface area (Å²) in [5.41, 5.74) is 5.46. The van der Waals surface area contributed by atoms with Gasteiger partial charge in [0.2, 0.25) is 0 Å². The summed E-state index contributed by atoms with van der Waals surface area (Å²) in [6.07, 6.45) is 67.7. The first-order valence-corrected chi connectivity index (χ1v) is 27.7. The summed E-state index contributed by atoms with van der Waals surface area (Å²) in [4.78, 5) is 20.6. The van der Waals surface area contributed by atoms with Crippen molar-refractivity contribution >= 4 is 11.9 Å². The molecule has 0 amide bonds. The number of allylic oxidation sites excluding steroid dienone is 6. The van der Waals surface area contributed by atoms with Crippen LogP contribution in [-0.2, 0) is 9.59 Å². The monoisotopic (exact) mass is 889 g/mol. The number of nitrogens with one attached hydrogen (secondary N) is 1. The molecule has 0 heterocycles. The number of hydrogen-bond donors (Lipinski definition) is 4. The van der Waals surface area contributed by atoms with Gasteiger partial charge in [-0.2, -0.15) is 0 Å². The van der Waals surface area contributed by atoms with E-state index in [0.717, 1.165) is 45.2 Å². The van der Waals surface area contributed by atoms with Crippen LogP contribution in [0.5, 0.6) is 0 Å². The molecule has 0 rings (SSSR count). The average Bonchev–Trinajstić information content (AvgIpc) is 3.27. The third-order valence-electron chi connectivity index (χ3n) is 11.7. The van der Waals surface area contributed by atoms with E-state index in [1.807, 2.05) is 0 Å². The standard InChI is InChI=1S/C21H44N2.2C18H34O2/c1-2-3-4-5-6-7-8-9-10-11-12-13-14-15-16-17-20-23-21-18-19-22;2*1-2-3-4-5-6-7-8-9-10-11-12-13-14-15-16-17-18(19)20/h9-10,23H,2-8,11-22H2,1H3;2*9-10H,2-8,11-17H2,1H3,(H,19,20)/b3*10-9-. The van der Waals surface area contributed by atoms with Gasteiger partial charge < -0.3 is 21.3 Å². The number of carbonyl (C=O) groups is 2. The van der Waals surface area contributed by atoms with Crippen molar-refractivity contribution in [2.45, 2.75) is 297 Å². The fourth-order valence-electron chi connectivity index (χ4n) is 7.54. The van der Waals surface area contributed by atoms with Gasteiger partial charge in [-0.05, 0) is 122 Å². The Hall–Kier alpha value is -1.92. The van der Waals surface area contributed by atoms with Gasteiger partial charge in [0.05, 0.1) is 0 Å². The van der Waals surface area contributed by atoms with Crippen LogP contribution >= 0.6 is 0 Å². The normalized spacial score (nSPS) is 11.4. The fraction of sp³-hybridized carbons (Fsp3) is 0.860. The van der Waals surface area contributed by atoms with Gasteiger partial charge in [-0.25, -0.2) is 0 Å². The van der Waals surface area contributed by atoms with E-state index < -0.39 is 11.9 Å². The Bertz CT molecular complexity index is 883. The summed E-state index contributed by atoms with van der Waals surface area (Å²) < 4.78 is 0. The predicted octanol–water partition coefficient (Wildman–Crippen LogP) is 18.2. The van der Waals surface area contributed by atoms with E-state index >= 15 is 0 Å². The van der Waals surface area contributed by atoms with E-state index in [1.165, 1.54) is 238 Å². The van der Waals surface area contributed by atoms with Crippen molar-refractivity contribution in [3.05, 3.63) is 36.5 Å². The van der Waals surface area contributed by atoms with Gasteiger partial charge in [-0.3, -0.25) is 9.59 Å². The molecule has 6 heteroatoms. The van der Waals surface area contributed by atoms with Crippen LogP contribution in [0.25, 0.3) is 0 Å². The van der Waals surface area contributed by atoms with Gasteiger partial charge >= 0.3 is 11.9 Å². The highest BCUT2D eigenvalue weighted by molar-refractivity contribution is 5.66. The van der Waals surface area contributed by atoms with Crippen molar-refractivity contribution in [1.29, 1.82) is 0 Å². The average molecular weight is 890 g/mol. The molecule has 0 radical (unpaired) electrons. The van der Waals surface area contributed by atoms with Crippen molar-refractivity contribution < 1.29 is 19.8 Å². The quantitative estimate of drug-likeness (QED) is 0.0358. The molecule has 0 fully saturated rings. The molecule has 0 bridgehead atoms. The lowest BCUT2D eigenvalue weighted by Gasteiger charge is -2.03. The molecule has 0 aromatic rings. The molecule has 0 aromatic carbocycles. The Kier molecular flexibility index (Phi) is 66.8. The number of aliphatic carboxylic acids is 2. The number of rotatable bonds is 49. The minimum absolute atomic E-state index is 0.332. The molecule has 0 unspecified atom stereocenters. The predicted molar refractivity (Wildman–Crippen MR) is 280 cm³/mol. The van der Waals surface area contributed by atoms with Crippen molar-refractivity contribution in [1.82, 2.24) is 5.32 Å². The minimum atomic E-state index is -0.664. The zero-order chi connectivity index (χ0) is 46.6. The van der Waals surface area contributed by atoms with E-state index in [9.17, 15) is 9.59 Å². The smallest absolute Gasteiger partial charge is 0.303 e. The Morgan fingerprint density at radius 3 is 0.810 bits per heavy atom. The molecule has 0 atom stereocenters. The van der Waals surface area contributed by atoms with E-state index in [2.05, 4.69) is 62.5 Å². The van der Waals surface area contributed by atoms with E-state index in [-0.39, 0.29) is 0 Å². The molecule has 0 aliphatic carbocycles. The zero-order valence-electron chi connectivity index (χ0n) is 42.8. The highest BCUT2D eigenvalue weighted by Crippen LogP contribution is 2.13. The first kappa shape index (κ1) is 65.4. The summed E-state index contributed by atoms with van der Waals surface area (Å²) in [7, 11) is 0. The van der Waals surface area contributed by atoms with Gasteiger partial charge in [0.1, 0.15) is 0 Å². The van der Waals surface area contributed by atoms with E-state index in [4.69, 9.17) is 15.9 Å². The molecule has 5 N–H and O–H groups in total. The maximum atomic E-state index is 10.3. The molecule has 6 nitrogen and oxygen atoms in total. The summed E-state index contributed by atoms with van der Waals surface area (Å²) in [5.74, 6) is -1.33. The summed E-state index contributed by atoms with van der Waals surface area (Å²) in [5, 5.41) is 20.5. The van der Waals surface area contributed by atoms with Gasteiger partial charge in [-0.15, -0.1) is 0 Å². The SMILES string of the molecule is CCCCCCCC/C=C\CCCCCCCC(=O)O.CCCCCCCC/C=C\CCCCCCCC(=O)O.CCCCCCCC/C=C\CCCCCCCCNCCCN. The van der Waals surface area contributed by atoms with Crippen LogP contribution in [0.1, 0.15) is 297 Å². The van der Waals surface area contributed by atoms with Crippen LogP contribution in [0.15, 0.2) is 36.5 Å². The largest absolute Gasteiger partial charge is 0.481 e. The molecule has 0 saturated carbocycles. The number of carboxylic acid groups (broad SMARTS) is 2. The minimum Gasteiger partial charge on any atom is -0.481 e. The molecule has 0 aliphatic heterocycles. The van der Waals surface area contributed by atoms with Crippen LogP contribution in [-0.4, -0.2) is 41.8 Å². The molecule has 0 aliphatic rings. The van der Waals surface area contributed by atoms with E-state index in [0.29, 0.717) is 12.8 Å². The van der Waals surface area contributed by atoms with Gasteiger partial charge in [0, 0.05) is 12.8 Å². The van der Waals surface area contributed by atoms with Crippen molar-refractivity contribution in [2.75, 3.05) is 19.6 Å². The first-order chi connectivity index (χ1) is 31.0. The second kappa shape index (κ2) is 64.4. The molecule has 0 aromatic heterocycles. The number of carboxylic acids is 2. The molecule has 63 heavy (non-hydrogen) atoms. The van der Waals surface area contributed by atoms with Crippen LogP contribution in [0.2, 0.25) is 0 Å².